The van der Waals surface area contributed by atoms with Crippen molar-refractivity contribution in [2.24, 2.45) is 0 Å². The maximum Gasteiger partial charge on any atom is 0.143 e. The minimum absolute atomic E-state index is 0.341. The van der Waals surface area contributed by atoms with Gasteiger partial charge < -0.3 is 5.32 Å². The van der Waals surface area contributed by atoms with Gasteiger partial charge in [0.15, 0.2) is 0 Å². The quantitative estimate of drug-likeness (QED) is 0.775. The Hall–Kier alpha value is -0.950. The summed E-state index contributed by atoms with van der Waals surface area (Å²) in [6.07, 6.45) is 0.481. The molecule has 6 heteroatoms. The SMILES string of the molecule is CCNc1nc(Cc2ccc(F)cc2Cl)nc(C)c1I. The summed E-state index contributed by atoms with van der Waals surface area (Å²) in [5.74, 6) is 1.16. The van der Waals surface area contributed by atoms with E-state index in [1.54, 1.807) is 6.07 Å². The van der Waals surface area contributed by atoms with Gasteiger partial charge in [0.25, 0.3) is 0 Å². The van der Waals surface area contributed by atoms with Crippen molar-refractivity contribution >= 4 is 40.0 Å². The molecule has 1 heterocycles. The van der Waals surface area contributed by atoms with Crippen LogP contribution in [0.15, 0.2) is 18.2 Å². The van der Waals surface area contributed by atoms with E-state index >= 15 is 0 Å². The van der Waals surface area contributed by atoms with Gasteiger partial charge in [-0.05, 0) is 54.1 Å². The van der Waals surface area contributed by atoms with Gasteiger partial charge in [-0.25, -0.2) is 14.4 Å². The van der Waals surface area contributed by atoms with Gasteiger partial charge in [-0.15, -0.1) is 0 Å². The van der Waals surface area contributed by atoms with E-state index in [1.807, 2.05) is 13.8 Å². The monoisotopic (exact) mass is 405 g/mol. The topological polar surface area (TPSA) is 37.8 Å². The van der Waals surface area contributed by atoms with Gasteiger partial charge in [-0.3, -0.25) is 0 Å². The molecular weight excluding hydrogens is 392 g/mol. The van der Waals surface area contributed by atoms with Gasteiger partial charge in [0.1, 0.15) is 17.5 Å². The molecule has 0 saturated heterocycles. The lowest BCUT2D eigenvalue weighted by atomic mass is 10.1. The first-order valence-corrected chi connectivity index (χ1v) is 7.67. The Kier molecular flexibility index (Phi) is 5.15. The fraction of sp³-hybridized carbons (Fsp3) is 0.286. The Morgan fingerprint density at radius 1 is 1.35 bits per heavy atom. The van der Waals surface area contributed by atoms with Crippen LogP contribution in [0.25, 0.3) is 0 Å². The van der Waals surface area contributed by atoms with E-state index in [9.17, 15) is 4.39 Å². The van der Waals surface area contributed by atoms with Crippen molar-refractivity contribution in [3.63, 3.8) is 0 Å². The van der Waals surface area contributed by atoms with Crippen LogP contribution in [-0.2, 0) is 6.42 Å². The van der Waals surface area contributed by atoms with Crippen LogP contribution < -0.4 is 5.32 Å². The van der Waals surface area contributed by atoms with Gasteiger partial charge in [0, 0.05) is 18.0 Å². The van der Waals surface area contributed by atoms with Crippen LogP contribution in [0.1, 0.15) is 24.0 Å². The van der Waals surface area contributed by atoms with Crippen LogP contribution in [0.5, 0.6) is 0 Å². The standard InChI is InChI=1S/C14H14ClFIN3/c1-3-18-14-13(17)8(2)19-12(20-14)6-9-4-5-10(16)7-11(9)15/h4-5,7H,3,6H2,1-2H3,(H,18,19,20). The van der Waals surface area contributed by atoms with E-state index in [0.717, 1.165) is 27.2 Å². The zero-order valence-corrected chi connectivity index (χ0v) is 14.1. The molecule has 0 bridgehead atoms. The predicted molar refractivity (Wildman–Crippen MR) is 87.9 cm³/mol. The van der Waals surface area contributed by atoms with Crippen molar-refractivity contribution in [3.05, 3.63) is 49.7 Å². The Morgan fingerprint density at radius 3 is 2.75 bits per heavy atom. The van der Waals surface area contributed by atoms with E-state index < -0.39 is 0 Å². The first-order valence-electron chi connectivity index (χ1n) is 6.22. The number of hydrogen-bond acceptors (Lipinski definition) is 3. The van der Waals surface area contributed by atoms with Crippen molar-refractivity contribution in [2.45, 2.75) is 20.3 Å². The van der Waals surface area contributed by atoms with Crippen LogP contribution >= 0.6 is 34.2 Å². The average Bonchev–Trinajstić information content (AvgIpc) is 2.39. The summed E-state index contributed by atoms with van der Waals surface area (Å²) in [6.45, 7) is 4.76. The minimum Gasteiger partial charge on any atom is -0.369 e. The molecule has 0 amide bonds. The van der Waals surface area contributed by atoms with Crippen molar-refractivity contribution in [2.75, 3.05) is 11.9 Å². The Morgan fingerprint density at radius 2 is 2.10 bits per heavy atom. The van der Waals surface area contributed by atoms with Crippen LogP contribution in [0.2, 0.25) is 5.02 Å². The largest absolute Gasteiger partial charge is 0.369 e. The highest BCUT2D eigenvalue weighted by Gasteiger charge is 2.11. The number of nitrogens with one attached hydrogen (secondary N) is 1. The number of anilines is 1. The lowest BCUT2D eigenvalue weighted by Gasteiger charge is -2.10. The molecule has 0 unspecified atom stereocenters. The van der Waals surface area contributed by atoms with Crippen LogP contribution in [0.4, 0.5) is 10.2 Å². The Labute approximate surface area is 136 Å². The number of aromatic nitrogens is 2. The van der Waals surface area contributed by atoms with Gasteiger partial charge in [0.2, 0.25) is 0 Å². The second-order valence-electron chi connectivity index (χ2n) is 4.33. The predicted octanol–water partition coefficient (Wildman–Crippen LogP) is 4.20. The number of aryl methyl sites for hydroxylation is 1. The molecule has 20 heavy (non-hydrogen) atoms. The first-order chi connectivity index (χ1) is 9.51. The van der Waals surface area contributed by atoms with Crippen LogP contribution in [0.3, 0.4) is 0 Å². The molecule has 0 aliphatic carbocycles. The molecule has 2 aromatic rings. The highest BCUT2D eigenvalue weighted by molar-refractivity contribution is 14.1. The maximum atomic E-state index is 13.0. The van der Waals surface area contributed by atoms with Crippen LogP contribution in [0, 0.1) is 16.3 Å². The summed E-state index contributed by atoms with van der Waals surface area (Å²) < 4.78 is 14.1. The third kappa shape index (κ3) is 3.58. The smallest absolute Gasteiger partial charge is 0.143 e. The van der Waals surface area contributed by atoms with Gasteiger partial charge in [-0.2, -0.15) is 0 Å². The third-order valence-corrected chi connectivity index (χ3v) is 4.41. The van der Waals surface area contributed by atoms with Crippen molar-refractivity contribution in [1.29, 1.82) is 0 Å². The molecule has 2 rings (SSSR count). The van der Waals surface area contributed by atoms with Gasteiger partial charge in [-0.1, -0.05) is 17.7 Å². The molecule has 3 nitrogen and oxygen atoms in total. The third-order valence-electron chi connectivity index (χ3n) is 2.77. The zero-order chi connectivity index (χ0) is 14.7. The molecule has 0 radical (unpaired) electrons. The lowest BCUT2D eigenvalue weighted by Crippen LogP contribution is -2.08. The van der Waals surface area contributed by atoms with Gasteiger partial charge in [0.05, 0.1) is 9.26 Å². The molecule has 0 aliphatic heterocycles. The van der Waals surface area contributed by atoms with E-state index in [-0.39, 0.29) is 5.82 Å². The Bertz CT molecular complexity index is 634. The van der Waals surface area contributed by atoms with Gasteiger partial charge >= 0.3 is 0 Å². The van der Waals surface area contributed by atoms with Crippen molar-refractivity contribution in [3.8, 4) is 0 Å². The second kappa shape index (κ2) is 6.67. The summed E-state index contributed by atoms with van der Waals surface area (Å²) in [4.78, 5) is 8.96. The minimum atomic E-state index is -0.341. The lowest BCUT2D eigenvalue weighted by molar-refractivity contribution is 0.627. The number of hydrogen-bond donors (Lipinski definition) is 1. The Balaban J connectivity index is 2.33. The van der Waals surface area contributed by atoms with Crippen molar-refractivity contribution < 1.29 is 4.39 Å². The average molecular weight is 406 g/mol. The molecule has 0 saturated carbocycles. The summed E-state index contributed by atoms with van der Waals surface area (Å²) in [5, 5.41) is 3.61. The number of nitrogens with zero attached hydrogens (tertiary/aromatic N) is 2. The molecule has 0 fully saturated rings. The normalized spacial score (nSPS) is 10.7. The molecule has 0 atom stereocenters. The van der Waals surface area contributed by atoms with E-state index in [0.29, 0.717) is 17.3 Å². The van der Waals surface area contributed by atoms with E-state index in [4.69, 9.17) is 11.6 Å². The molecule has 0 aliphatic rings. The maximum absolute atomic E-state index is 13.0. The fourth-order valence-electron chi connectivity index (χ4n) is 1.82. The number of halogens is 3. The van der Waals surface area contributed by atoms with Crippen molar-refractivity contribution in [1.82, 2.24) is 9.97 Å². The number of benzene rings is 1. The number of rotatable bonds is 4. The first kappa shape index (κ1) is 15.4. The molecule has 1 aromatic carbocycles. The molecule has 1 N–H and O–H groups in total. The molecule has 106 valence electrons. The zero-order valence-electron chi connectivity index (χ0n) is 11.2. The summed E-state index contributed by atoms with van der Waals surface area (Å²) in [7, 11) is 0. The molecular formula is C14H14ClFIN3. The fourth-order valence-corrected chi connectivity index (χ4v) is 2.48. The molecule has 1 aromatic heterocycles. The van der Waals surface area contributed by atoms with E-state index in [1.165, 1.54) is 12.1 Å². The van der Waals surface area contributed by atoms with Crippen LogP contribution in [-0.4, -0.2) is 16.5 Å². The second-order valence-corrected chi connectivity index (χ2v) is 5.82. The summed E-state index contributed by atoms with van der Waals surface area (Å²) in [5.41, 5.74) is 1.74. The summed E-state index contributed by atoms with van der Waals surface area (Å²) >= 11 is 8.26. The highest BCUT2D eigenvalue weighted by atomic mass is 127. The molecule has 0 spiro atoms. The summed E-state index contributed by atoms with van der Waals surface area (Å²) in [6, 6.07) is 4.37. The van der Waals surface area contributed by atoms with E-state index in [2.05, 4.69) is 37.9 Å². The highest BCUT2D eigenvalue weighted by Crippen LogP contribution is 2.22.